The molecule has 0 N–H and O–H groups in total. The van der Waals surface area contributed by atoms with Gasteiger partial charge in [0.05, 0.1) is 28.7 Å². The second-order valence-corrected chi connectivity index (χ2v) is 7.74. The second-order valence-electron chi connectivity index (χ2n) is 6.99. The second kappa shape index (κ2) is 17.2. The number of carbonyl (C=O) groups is 1. The minimum Gasteiger partial charge on any atom is -0.543 e. The maximum atomic E-state index is 10.0. The Morgan fingerprint density at radius 1 is 0.622 bits per heavy atom. The summed E-state index contributed by atoms with van der Waals surface area (Å²) in [5, 5.41) is 10.0. The van der Waals surface area contributed by atoms with Crippen molar-refractivity contribution < 1.29 is 55.8 Å². The van der Waals surface area contributed by atoms with Crippen molar-refractivity contribution in [3.63, 3.8) is 0 Å². The van der Waals surface area contributed by atoms with Gasteiger partial charge in [0.15, 0.2) is 0 Å². The Hall–Kier alpha value is -3.32. The largest absolute Gasteiger partial charge is 3.00 e. The topological polar surface area (TPSA) is 187 Å². The number of carbonyl (C=O) groups excluding carboxylic acids is 1. The molecule has 0 atom stereocenters. The normalized spacial score (nSPS) is 10.2. The van der Waals surface area contributed by atoms with Gasteiger partial charge >= 0.3 is 17.1 Å². The number of aromatic carboxylic acids is 1. The minimum atomic E-state index is -4.94. The number of halogens is 1. The summed E-state index contributed by atoms with van der Waals surface area (Å²) in [6.45, 7) is 2.32. The van der Waals surface area contributed by atoms with E-state index in [0.29, 0.717) is 0 Å². The first-order chi connectivity index (χ1) is 17.2. The average Bonchev–Trinajstić information content (AvgIpc) is 2.86. The number of aromatic nitrogens is 4. The van der Waals surface area contributed by atoms with Gasteiger partial charge in [-0.15, -0.1) is 10.2 Å². The van der Waals surface area contributed by atoms with Crippen molar-refractivity contribution in [2.75, 3.05) is 0 Å². The molecule has 4 aromatic heterocycles. The fourth-order valence-corrected chi connectivity index (χ4v) is 2.81. The van der Waals surface area contributed by atoms with E-state index in [0.717, 1.165) is 36.7 Å². The molecule has 0 aliphatic heterocycles. The summed E-state index contributed by atoms with van der Waals surface area (Å²) in [5.74, 6) is -1.24. The maximum absolute atomic E-state index is 10.0. The zero-order valence-electron chi connectivity index (χ0n) is 19.3. The molecule has 0 aliphatic carbocycles. The van der Waals surface area contributed by atoms with Crippen LogP contribution in [0, 0.1) is 10.2 Å². The molecular formula is C24H22ClFeN5O6+. The SMILES string of the molecule is O=C([O-])c1ccccn1.[Fe+3].[O-][Cl+3]([O-])([O-])[O-].c1ccc(CN(Cc2ccccn2)Cc2ccccn2)nc1. The Morgan fingerprint density at radius 2 is 0.946 bits per heavy atom. The molecule has 4 rings (SSSR count). The van der Waals surface area contributed by atoms with Crippen molar-refractivity contribution in [1.29, 1.82) is 0 Å². The van der Waals surface area contributed by atoms with Crippen molar-refractivity contribution in [2.24, 2.45) is 0 Å². The molecule has 37 heavy (non-hydrogen) atoms. The molecule has 0 saturated carbocycles. The number of rotatable bonds is 7. The van der Waals surface area contributed by atoms with Crippen molar-refractivity contribution in [1.82, 2.24) is 24.8 Å². The molecular weight excluding hydrogens is 546 g/mol. The molecule has 4 heterocycles. The summed E-state index contributed by atoms with van der Waals surface area (Å²) >= 11 is 0. The fraction of sp³-hybridized carbons (Fsp3) is 0.125. The van der Waals surface area contributed by atoms with E-state index in [2.05, 4.69) is 24.8 Å². The van der Waals surface area contributed by atoms with E-state index >= 15 is 0 Å². The number of pyridine rings is 4. The molecule has 0 amide bonds. The van der Waals surface area contributed by atoms with Crippen LogP contribution in [0.1, 0.15) is 27.6 Å². The van der Waals surface area contributed by atoms with Gasteiger partial charge in [-0.25, -0.2) is 18.6 Å². The zero-order valence-corrected chi connectivity index (χ0v) is 21.1. The van der Waals surface area contributed by atoms with Gasteiger partial charge in [-0.2, -0.15) is 0 Å². The molecule has 13 heteroatoms. The third kappa shape index (κ3) is 15.4. The van der Waals surface area contributed by atoms with Crippen LogP contribution in [0.2, 0.25) is 0 Å². The molecule has 0 bridgehead atoms. The summed E-state index contributed by atoms with van der Waals surface area (Å²) < 4.78 is 34.0. The number of hydrogen-bond donors (Lipinski definition) is 0. The zero-order chi connectivity index (χ0) is 26.2. The summed E-state index contributed by atoms with van der Waals surface area (Å²) in [7, 11) is -4.94. The molecule has 193 valence electrons. The molecule has 0 aliphatic rings. The Morgan fingerprint density at radius 3 is 1.16 bits per heavy atom. The fourth-order valence-electron chi connectivity index (χ4n) is 2.81. The Kier molecular flexibility index (Phi) is 14.7. The monoisotopic (exact) mass is 567 g/mol. The number of hydrogen-bond acceptors (Lipinski definition) is 11. The van der Waals surface area contributed by atoms with E-state index in [1.807, 2.05) is 73.2 Å². The molecule has 1 radical (unpaired) electrons. The van der Waals surface area contributed by atoms with Gasteiger partial charge in [-0.1, -0.05) is 24.3 Å². The van der Waals surface area contributed by atoms with E-state index in [-0.39, 0.29) is 22.8 Å². The summed E-state index contributed by atoms with van der Waals surface area (Å²) in [6.07, 6.45) is 6.89. The number of carboxylic acids is 1. The van der Waals surface area contributed by atoms with Crippen molar-refractivity contribution in [3.8, 4) is 0 Å². The summed E-state index contributed by atoms with van der Waals surface area (Å²) in [4.78, 5) is 29.1. The maximum Gasteiger partial charge on any atom is 3.00 e. The molecule has 0 aromatic carbocycles. The third-order valence-corrected chi connectivity index (χ3v) is 4.21. The van der Waals surface area contributed by atoms with E-state index in [1.165, 1.54) is 12.3 Å². The smallest absolute Gasteiger partial charge is 0.543 e. The minimum absolute atomic E-state index is 0. The molecule has 11 nitrogen and oxygen atoms in total. The molecule has 0 unspecified atom stereocenters. The number of nitrogens with zero attached hydrogens (tertiary/aromatic N) is 5. The Labute approximate surface area is 226 Å². The summed E-state index contributed by atoms with van der Waals surface area (Å²) in [5.41, 5.74) is 3.12. The van der Waals surface area contributed by atoms with Gasteiger partial charge < -0.3 is 9.90 Å². The van der Waals surface area contributed by atoms with Crippen LogP contribution in [0.25, 0.3) is 0 Å². The van der Waals surface area contributed by atoms with Gasteiger partial charge in [-0.05, 0) is 48.5 Å². The van der Waals surface area contributed by atoms with E-state index in [4.69, 9.17) is 18.6 Å². The summed E-state index contributed by atoms with van der Waals surface area (Å²) in [6, 6.07) is 22.6. The van der Waals surface area contributed by atoms with Crippen LogP contribution in [0.3, 0.4) is 0 Å². The third-order valence-electron chi connectivity index (χ3n) is 4.21. The van der Waals surface area contributed by atoms with Gasteiger partial charge in [0.1, 0.15) is 0 Å². The first-order valence-electron chi connectivity index (χ1n) is 10.4. The predicted octanol–water partition coefficient (Wildman–Crippen LogP) is -2.24. The molecule has 4 aromatic rings. The van der Waals surface area contributed by atoms with Gasteiger partial charge in [0.25, 0.3) is 0 Å². The molecule has 0 saturated heterocycles. The quantitative estimate of drug-likeness (QED) is 0.220. The van der Waals surface area contributed by atoms with Crippen LogP contribution in [0.4, 0.5) is 0 Å². The van der Waals surface area contributed by atoms with Crippen molar-refractivity contribution in [3.05, 3.63) is 120 Å². The van der Waals surface area contributed by atoms with E-state index in [9.17, 15) is 9.90 Å². The standard InChI is InChI=1S/C18H18N4.C6H5NO2.ClHO4.Fe/c1-4-10-19-16(7-1)13-22(14-17-8-2-5-11-20-17)15-18-9-3-6-12-21-18;8-6(9)5-3-1-2-4-7-5;2-1(3,4)5;/h1-12H,13-15H2;1-4H,(H,8,9);(H,2,3,4,5);/q;;;+3/p-2. The van der Waals surface area contributed by atoms with Gasteiger partial charge in [-0.3, -0.25) is 24.8 Å². The van der Waals surface area contributed by atoms with Crippen LogP contribution in [0.5, 0.6) is 0 Å². The van der Waals surface area contributed by atoms with Crippen LogP contribution >= 0.6 is 0 Å². The number of carboxylic acid groups (broad SMARTS) is 1. The van der Waals surface area contributed by atoms with Crippen LogP contribution < -0.4 is 23.7 Å². The predicted molar refractivity (Wildman–Crippen MR) is 114 cm³/mol. The first-order valence-corrected chi connectivity index (χ1v) is 11.6. The Bertz CT molecular complexity index is 1040. The Balaban J connectivity index is 0.000000379. The van der Waals surface area contributed by atoms with Gasteiger partial charge in [0, 0.05) is 44.4 Å². The van der Waals surface area contributed by atoms with E-state index < -0.39 is 16.2 Å². The van der Waals surface area contributed by atoms with Gasteiger partial charge in [0.2, 0.25) is 0 Å². The van der Waals surface area contributed by atoms with Crippen LogP contribution in [-0.4, -0.2) is 30.8 Å². The van der Waals surface area contributed by atoms with Crippen LogP contribution in [-0.2, 0) is 36.7 Å². The van der Waals surface area contributed by atoms with Crippen molar-refractivity contribution >= 4 is 5.97 Å². The van der Waals surface area contributed by atoms with E-state index in [1.54, 1.807) is 12.1 Å². The van der Waals surface area contributed by atoms with Crippen LogP contribution in [0.15, 0.2) is 97.6 Å². The molecule has 0 fully saturated rings. The average molecular weight is 568 g/mol. The molecule has 0 spiro atoms. The van der Waals surface area contributed by atoms with Crippen molar-refractivity contribution in [2.45, 2.75) is 19.6 Å². The first kappa shape index (κ1) is 31.7.